The van der Waals surface area contributed by atoms with E-state index in [1.807, 2.05) is 19.1 Å². The Labute approximate surface area is 200 Å². The quantitative estimate of drug-likeness (QED) is 0.584. The summed E-state index contributed by atoms with van der Waals surface area (Å²) in [7, 11) is 0. The van der Waals surface area contributed by atoms with E-state index in [2.05, 4.69) is 54.4 Å². The van der Waals surface area contributed by atoms with Crippen molar-refractivity contribution in [2.45, 2.75) is 70.3 Å². The molecule has 2 heterocycles. The number of aromatic nitrogens is 3. The maximum absolute atomic E-state index is 12.9. The first kappa shape index (κ1) is 23.7. The number of nitrogens with one attached hydrogen (secondary N) is 1. The lowest BCUT2D eigenvalue weighted by atomic mass is 9.72. The normalized spacial score (nSPS) is 20.5. The van der Waals surface area contributed by atoms with E-state index in [1.54, 1.807) is 29.2 Å². The van der Waals surface area contributed by atoms with E-state index < -0.39 is 5.41 Å². The van der Waals surface area contributed by atoms with E-state index in [-0.39, 0.29) is 17.4 Å². The highest BCUT2D eigenvalue weighted by molar-refractivity contribution is 6.04. The molecule has 0 atom stereocenters. The van der Waals surface area contributed by atoms with Crippen LogP contribution in [0.15, 0.2) is 48.8 Å². The third-order valence-electron chi connectivity index (χ3n) is 6.77. The molecule has 176 valence electrons. The zero-order valence-electron chi connectivity index (χ0n) is 20.2. The fourth-order valence-electron chi connectivity index (χ4n) is 4.47. The first-order valence-corrected chi connectivity index (χ1v) is 11.7. The molecule has 0 aliphatic heterocycles. The lowest BCUT2D eigenvalue weighted by molar-refractivity contribution is 0.102. The highest BCUT2D eigenvalue weighted by Gasteiger charge is 2.38. The van der Waals surface area contributed by atoms with Crippen LogP contribution >= 0.6 is 0 Å². The molecule has 1 aromatic carbocycles. The molecule has 0 unspecified atom stereocenters. The number of rotatable bonds is 4. The minimum absolute atomic E-state index is 0.0669. The monoisotopic (exact) mass is 457 g/mol. The van der Waals surface area contributed by atoms with Gasteiger partial charge in [-0.05, 0) is 67.9 Å². The van der Waals surface area contributed by atoms with Crippen LogP contribution in [0.25, 0.3) is 5.69 Å². The number of aliphatic hydroxyl groups excluding tert-OH is 1. The Bertz CT molecular complexity index is 1210. The smallest absolute Gasteiger partial charge is 0.259 e. The van der Waals surface area contributed by atoms with Crippen LogP contribution < -0.4 is 5.32 Å². The van der Waals surface area contributed by atoms with Gasteiger partial charge in [-0.2, -0.15) is 10.4 Å². The number of hydrogen-bond donors (Lipinski definition) is 2. The van der Waals surface area contributed by atoms with E-state index in [1.165, 1.54) is 5.56 Å². The molecule has 7 nitrogen and oxygen atoms in total. The number of carbonyl (C=O) groups is 1. The second-order valence-electron chi connectivity index (χ2n) is 10.2. The molecule has 1 aliphatic carbocycles. The van der Waals surface area contributed by atoms with Crippen LogP contribution in [0, 0.1) is 18.3 Å². The first-order valence-electron chi connectivity index (χ1n) is 11.7. The van der Waals surface area contributed by atoms with Crippen LogP contribution in [0.4, 0.5) is 5.69 Å². The molecule has 1 fully saturated rings. The number of aliphatic hydroxyl groups is 1. The lowest BCUT2D eigenvalue weighted by Gasteiger charge is -2.32. The van der Waals surface area contributed by atoms with Crippen molar-refractivity contribution >= 4 is 11.6 Å². The predicted molar refractivity (Wildman–Crippen MR) is 131 cm³/mol. The molecular formula is C27H31N5O2. The van der Waals surface area contributed by atoms with Gasteiger partial charge in [0.15, 0.2) is 0 Å². The van der Waals surface area contributed by atoms with E-state index in [9.17, 15) is 15.2 Å². The fraction of sp³-hybridized carbons (Fsp3) is 0.407. The topological polar surface area (TPSA) is 104 Å². The van der Waals surface area contributed by atoms with Crippen LogP contribution in [0.1, 0.15) is 73.8 Å². The number of benzene rings is 1. The maximum atomic E-state index is 12.9. The molecule has 3 aromatic rings. The van der Waals surface area contributed by atoms with Crippen LogP contribution in [-0.4, -0.2) is 31.9 Å². The highest BCUT2D eigenvalue weighted by atomic mass is 16.3. The molecule has 2 aromatic heterocycles. The predicted octanol–water partition coefficient (Wildman–Crippen LogP) is 4.82. The van der Waals surface area contributed by atoms with Crippen molar-refractivity contribution in [1.29, 1.82) is 5.26 Å². The van der Waals surface area contributed by atoms with Crippen LogP contribution in [-0.2, 0) is 10.8 Å². The lowest BCUT2D eigenvalue weighted by Crippen LogP contribution is -2.33. The van der Waals surface area contributed by atoms with Crippen LogP contribution in [0.3, 0.4) is 0 Å². The molecule has 1 aliphatic rings. The van der Waals surface area contributed by atoms with Gasteiger partial charge in [0.2, 0.25) is 0 Å². The number of nitrogens with zero attached hydrogens (tertiary/aromatic N) is 4. The van der Waals surface area contributed by atoms with Gasteiger partial charge in [0, 0.05) is 0 Å². The van der Waals surface area contributed by atoms with E-state index >= 15 is 0 Å². The number of carbonyl (C=O) groups excluding carboxylic acids is 1. The second-order valence-corrected chi connectivity index (χ2v) is 10.2. The summed E-state index contributed by atoms with van der Waals surface area (Å²) in [6.07, 6.45) is 5.16. The summed E-state index contributed by atoms with van der Waals surface area (Å²) in [5.74, 6) is -0.264. The summed E-state index contributed by atoms with van der Waals surface area (Å²) < 4.78 is 1.76. The zero-order valence-corrected chi connectivity index (χ0v) is 20.2. The molecule has 1 saturated carbocycles. The second kappa shape index (κ2) is 9.03. The minimum atomic E-state index is -0.679. The summed E-state index contributed by atoms with van der Waals surface area (Å²) in [6.45, 7) is 8.38. The van der Waals surface area contributed by atoms with Gasteiger partial charge in [-0.15, -0.1) is 0 Å². The molecule has 2 N–H and O–H groups in total. The van der Waals surface area contributed by atoms with Crippen molar-refractivity contribution in [2.75, 3.05) is 5.32 Å². The summed E-state index contributed by atoms with van der Waals surface area (Å²) in [6, 6.07) is 14.2. The van der Waals surface area contributed by atoms with Crippen molar-refractivity contribution < 1.29 is 9.90 Å². The number of amides is 1. The van der Waals surface area contributed by atoms with Crippen molar-refractivity contribution in [1.82, 2.24) is 14.8 Å². The van der Waals surface area contributed by atoms with Gasteiger partial charge in [-0.25, -0.2) is 4.68 Å². The minimum Gasteiger partial charge on any atom is -0.393 e. The van der Waals surface area contributed by atoms with Crippen molar-refractivity contribution in [3.63, 3.8) is 0 Å². The third kappa shape index (κ3) is 4.59. The van der Waals surface area contributed by atoms with Gasteiger partial charge < -0.3 is 10.4 Å². The van der Waals surface area contributed by atoms with E-state index in [0.29, 0.717) is 42.6 Å². The SMILES string of the molecule is Cc1c(C(=O)Nc2ccc(C3(C#N)CCC(O)CC3)nc2)cnn1-c1ccc(C(C)(C)C)cc1. The Kier molecular flexibility index (Phi) is 6.28. The molecule has 1 amide bonds. The molecule has 4 rings (SSSR count). The average molecular weight is 458 g/mol. The van der Waals surface area contributed by atoms with Gasteiger partial charge >= 0.3 is 0 Å². The van der Waals surface area contributed by atoms with Crippen LogP contribution in [0.5, 0.6) is 0 Å². The molecule has 34 heavy (non-hydrogen) atoms. The number of pyridine rings is 1. The van der Waals surface area contributed by atoms with Gasteiger partial charge in [-0.3, -0.25) is 9.78 Å². The van der Waals surface area contributed by atoms with Gasteiger partial charge in [0.25, 0.3) is 5.91 Å². The Morgan fingerprint density at radius 2 is 1.82 bits per heavy atom. The average Bonchev–Trinajstić information content (AvgIpc) is 3.21. The zero-order chi connectivity index (χ0) is 24.5. The molecule has 7 heteroatoms. The van der Waals surface area contributed by atoms with Gasteiger partial charge in [0.05, 0.1) is 58.3 Å². The largest absolute Gasteiger partial charge is 0.393 e. The van der Waals surface area contributed by atoms with Crippen molar-refractivity contribution in [3.05, 3.63) is 71.3 Å². The highest BCUT2D eigenvalue weighted by Crippen LogP contribution is 2.38. The van der Waals surface area contributed by atoms with Gasteiger partial charge in [-0.1, -0.05) is 32.9 Å². The maximum Gasteiger partial charge on any atom is 0.259 e. The van der Waals surface area contributed by atoms with Crippen molar-refractivity contribution in [3.8, 4) is 11.8 Å². The molecule has 0 radical (unpaired) electrons. The van der Waals surface area contributed by atoms with Crippen molar-refractivity contribution in [2.24, 2.45) is 0 Å². The summed E-state index contributed by atoms with van der Waals surface area (Å²) in [5.41, 5.74) is 3.99. The summed E-state index contributed by atoms with van der Waals surface area (Å²) in [4.78, 5) is 17.4. The van der Waals surface area contributed by atoms with E-state index in [4.69, 9.17) is 0 Å². The van der Waals surface area contributed by atoms with Crippen LogP contribution in [0.2, 0.25) is 0 Å². The van der Waals surface area contributed by atoms with Gasteiger partial charge in [0.1, 0.15) is 0 Å². The molecule has 0 saturated heterocycles. The molecule has 0 bridgehead atoms. The van der Waals surface area contributed by atoms with E-state index in [0.717, 1.165) is 11.4 Å². The fourth-order valence-corrected chi connectivity index (χ4v) is 4.47. The standard InChI is InChI=1S/C27H31N5O2/c1-18-23(16-30-32(18)21-8-5-19(6-9-21)26(2,3)4)25(34)31-20-7-10-24(29-15-20)27(17-28)13-11-22(33)12-14-27/h5-10,15-16,22,33H,11-14H2,1-4H3,(H,31,34). The Balaban J connectivity index is 1.48. The number of anilines is 1. The molecular weight excluding hydrogens is 426 g/mol. The first-order chi connectivity index (χ1) is 16.1. The third-order valence-corrected chi connectivity index (χ3v) is 6.77. The summed E-state index contributed by atoms with van der Waals surface area (Å²) >= 11 is 0. The molecule has 0 spiro atoms. The number of hydrogen-bond acceptors (Lipinski definition) is 5. The Morgan fingerprint density at radius 3 is 2.38 bits per heavy atom. The Morgan fingerprint density at radius 1 is 1.15 bits per heavy atom. The summed E-state index contributed by atoms with van der Waals surface area (Å²) in [5, 5.41) is 26.9. The Hall–Kier alpha value is -3.50. The number of nitriles is 1.